The van der Waals surface area contributed by atoms with Crippen molar-refractivity contribution in [2.75, 3.05) is 32.9 Å². The van der Waals surface area contributed by atoms with E-state index >= 15 is 0 Å². The van der Waals surface area contributed by atoms with Crippen LogP contribution in [0.3, 0.4) is 0 Å². The first-order chi connectivity index (χ1) is 13.6. The lowest BCUT2D eigenvalue weighted by molar-refractivity contribution is 0.0672. The Kier molecular flexibility index (Phi) is 5.85. The van der Waals surface area contributed by atoms with Crippen molar-refractivity contribution in [3.8, 4) is 11.5 Å². The molecule has 0 N–H and O–H groups in total. The summed E-state index contributed by atoms with van der Waals surface area (Å²) in [4.78, 5) is 0.252. The van der Waals surface area contributed by atoms with Gasteiger partial charge in [0, 0.05) is 19.2 Å². The van der Waals surface area contributed by atoms with Crippen molar-refractivity contribution in [2.45, 2.75) is 24.3 Å². The molecule has 0 unspecified atom stereocenters. The van der Waals surface area contributed by atoms with Crippen molar-refractivity contribution in [3.63, 3.8) is 0 Å². The number of ether oxygens (including phenoxy) is 3. The fraction of sp³-hybridized carbons (Fsp3) is 0.429. The third-order valence-electron chi connectivity index (χ3n) is 5.10. The largest absolute Gasteiger partial charge is 0.486 e. The number of rotatable bonds is 6. The lowest BCUT2D eigenvalue weighted by Gasteiger charge is -2.32. The third-order valence-corrected chi connectivity index (χ3v) is 6.96. The summed E-state index contributed by atoms with van der Waals surface area (Å²) in [5, 5.41) is 0. The van der Waals surface area contributed by atoms with Gasteiger partial charge in [0.05, 0.1) is 18.1 Å². The second kappa shape index (κ2) is 8.51. The summed E-state index contributed by atoms with van der Waals surface area (Å²) >= 11 is 0. The zero-order chi connectivity index (χ0) is 19.4. The molecule has 6 nitrogen and oxygen atoms in total. The predicted molar refractivity (Wildman–Crippen MR) is 105 cm³/mol. The molecule has 0 spiro atoms. The smallest absolute Gasteiger partial charge is 0.243 e. The molecule has 7 heteroatoms. The van der Waals surface area contributed by atoms with Gasteiger partial charge in [0.25, 0.3) is 0 Å². The molecule has 1 fully saturated rings. The number of fused-ring (bicyclic) bond motifs is 1. The number of hydrogen-bond acceptors (Lipinski definition) is 5. The lowest BCUT2D eigenvalue weighted by Crippen LogP contribution is -2.41. The van der Waals surface area contributed by atoms with E-state index in [2.05, 4.69) is 0 Å². The highest BCUT2D eigenvalue weighted by atomic mass is 32.2. The Morgan fingerprint density at radius 3 is 2.64 bits per heavy atom. The molecule has 2 heterocycles. The van der Waals surface area contributed by atoms with E-state index in [0.29, 0.717) is 51.0 Å². The zero-order valence-corrected chi connectivity index (χ0v) is 16.6. The lowest BCUT2D eigenvalue weighted by atomic mass is 10.0. The fourth-order valence-corrected chi connectivity index (χ4v) is 5.20. The van der Waals surface area contributed by atoms with Crippen molar-refractivity contribution in [3.05, 3.63) is 54.1 Å². The molecule has 2 aromatic rings. The van der Waals surface area contributed by atoms with Gasteiger partial charge < -0.3 is 14.2 Å². The van der Waals surface area contributed by atoms with Gasteiger partial charge in [-0.1, -0.05) is 30.3 Å². The second-order valence-corrected chi connectivity index (χ2v) is 9.12. The van der Waals surface area contributed by atoms with E-state index < -0.39 is 10.0 Å². The molecule has 1 saturated heterocycles. The first-order valence-electron chi connectivity index (χ1n) is 9.64. The molecule has 0 radical (unpaired) electrons. The van der Waals surface area contributed by atoms with Gasteiger partial charge in [-0.2, -0.15) is 4.31 Å². The SMILES string of the molecule is O=S(=O)(c1ccc2c(c1)OCCO2)N1CCC[C@H](COCc2ccccc2)C1. The number of hydrogen-bond donors (Lipinski definition) is 0. The molecule has 2 aliphatic rings. The summed E-state index contributed by atoms with van der Waals surface area (Å²) in [5.74, 6) is 1.28. The van der Waals surface area contributed by atoms with Crippen LogP contribution < -0.4 is 9.47 Å². The summed E-state index contributed by atoms with van der Waals surface area (Å²) < 4.78 is 44.6. The van der Waals surface area contributed by atoms with E-state index in [1.54, 1.807) is 22.5 Å². The van der Waals surface area contributed by atoms with Gasteiger partial charge in [-0.3, -0.25) is 0 Å². The van der Waals surface area contributed by atoms with Gasteiger partial charge >= 0.3 is 0 Å². The molecule has 0 aliphatic carbocycles. The number of piperidine rings is 1. The third kappa shape index (κ3) is 4.32. The highest BCUT2D eigenvalue weighted by Gasteiger charge is 2.31. The fourth-order valence-electron chi connectivity index (χ4n) is 3.63. The van der Waals surface area contributed by atoms with Crippen LogP contribution in [0.2, 0.25) is 0 Å². The quantitative estimate of drug-likeness (QED) is 0.742. The standard InChI is InChI=1S/C21H25NO5S/c23-28(24,19-8-9-20-21(13-19)27-12-11-26-20)22-10-4-7-18(14-22)16-25-15-17-5-2-1-3-6-17/h1-3,5-6,8-9,13,18H,4,7,10-12,14-16H2/t18-/m0/s1. The second-order valence-electron chi connectivity index (χ2n) is 7.18. The maximum Gasteiger partial charge on any atom is 0.243 e. The molecule has 0 aromatic heterocycles. The summed E-state index contributed by atoms with van der Waals surface area (Å²) in [7, 11) is -3.56. The number of sulfonamides is 1. The Bertz CT molecular complexity index is 900. The average Bonchev–Trinajstić information content (AvgIpc) is 2.74. The molecule has 4 rings (SSSR count). The minimum Gasteiger partial charge on any atom is -0.486 e. The molecular formula is C21H25NO5S. The van der Waals surface area contributed by atoms with Crippen LogP contribution in [0.1, 0.15) is 18.4 Å². The molecule has 28 heavy (non-hydrogen) atoms. The molecule has 1 atom stereocenters. The highest BCUT2D eigenvalue weighted by molar-refractivity contribution is 7.89. The first kappa shape index (κ1) is 19.2. The predicted octanol–water partition coefficient (Wildman–Crippen LogP) is 3.08. The number of nitrogens with zero attached hydrogens (tertiary/aromatic N) is 1. The van der Waals surface area contributed by atoms with Crippen LogP contribution in [0.4, 0.5) is 0 Å². The Morgan fingerprint density at radius 2 is 1.82 bits per heavy atom. The van der Waals surface area contributed by atoms with Crippen LogP contribution in [-0.2, 0) is 21.4 Å². The summed E-state index contributed by atoms with van der Waals surface area (Å²) in [6.45, 7) is 3.03. The molecule has 2 aromatic carbocycles. The summed E-state index contributed by atoms with van der Waals surface area (Å²) in [6.07, 6.45) is 1.81. The molecular weight excluding hydrogens is 378 g/mol. The van der Waals surface area contributed by atoms with Crippen LogP contribution in [0, 0.1) is 5.92 Å². The van der Waals surface area contributed by atoms with Gasteiger partial charge in [0.2, 0.25) is 10.0 Å². The molecule has 0 saturated carbocycles. The first-order valence-corrected chi connectivity index (χ1v) is 11.1. The van der Waals surface area contributed by atoms with Gasteiger partial charge in [0.15, 0.2) is 11.5 Å². The summed E-state index contributed by atoms with van der Waals surface area (Å²) in [6, 6.07) is 14.8. The normalized spacial score (nSPS) is 20.1. The van der Waals surface area contributed by atoms with Gasteiger partial charge in [-0.05, 0) is 36.5 Å². The minimum absolute atomic E-state index is 0.199. The monoisotopic (exact) mass is 403 g/mol. The molecule has 0 amide bonds. The Morgan fingerprint density at radius 1 is 1.04 bits per heavy atom. The number of benzene rings is 2. The maximum absolute atomic E-state index is 13.1. The van der Waals surface area contributed by atoms with E-state index in [1.807, 2.05) is 30.3 Å². The minimum atomic E-state index is -3.56. The Hall–Kier alpha value is -2.09. The zero-order valence-electron chi connectivity index (χ0n) is 15.7. The van der Waals surface area contributed by atoms with Crippen LogP contribution in [0.5, 0.6) is 11.5 Å². The van der Waals surface area contributed by atoms with E-state index in [-0.39, 0.29) is 10.8 Å². The maximum atomic E-state index is 13.1. The average molecular weight is 404 g/mol. The van der Waals surface area contributed by atoms with E-state index in [4.69, 9.17) is 14.2 Å². The van der Waals surface area contributed by atoms with Gasteiger partial charge in [-0.15, -0.1) is 0 Å². The van der Waals surface area contributed by atoms with Gasteiger partial charge in [-0.25, -0.2) is 8.42 Å². The summed E-state index contributed by atoms with van der Waals surface area (Å²) in [5.41, 5.74) is 1.12. The van der Waals surface area contributed by atoms with Crippen LogP contribution >= 0.6 is 0 Å². The Labute approximate surface area is 166 Å². The van der Waals surface area contributed by atoms with Crippen molar-refractivity contribution < 1.29 is 22.6 Å². The molecule has 0 bridgehead atoms. The molecule has 150 valence electrons. The molecule has 2 aliphatic heterocycles. The van der Waals surface area contributed by atoms with Crippen molar-refractivity contribution in [2.24, 2.45) is 5.92 Å². The van der Waals surface area contributed by atoms with Crippen LogP contribution in [0.25, 0.3) is 0 Å². The van der Waals surface area contributed by atoms with Crippen molar-refractivity contribution in [1.82, 2.24) is 4.31 Å². The van der Waals surface area contributed by atoms with Crippen LogP contribution in [0.15, 0.2) is 53.4 Å². The van der Waals surface area contributed by atoms with E-state index in [0.717, 1.165) is 18.4 Å². The van der Waals surface area contributed by atoms with E-state index in [1.165, 1.54) is 0 Å². The highest BCUT2D eigenvalue weighted by Crippen LogP contribution is 2.34. The van der Waals surface area contributed by atoms with Crippen LogP contribution in [-0.4, -0.2) is 45.6 Å². The van der Waals surface area contributed by atoms with Crippen molar-refractivity contribution in [1.29, 1.82) is 0 Å². The van der Waals surface area contributed by atoms with Crippen molar-refractivity contribution >= 4 is 10.0 Å². The van der Waals surface area contributed by atoms with Gasteiger partial charge in [0.1, 0.15) is 13.2 Å². The Balaban J connectivity index is 1.39. The topological polar surface area (TPSA) is 65.1 Å². The van der Waals surface area contributed by atoms with E-state index in [9.17, 15) is 8.42 Å².